The quantitative estimate of drug-likeness (QED) is 0.530. The van der Waals surface area contributed by atoms with Gasteiger partial charge in [-0.25, -0.2) is 9.78 Å². The SMILES string of the molecule is COC(=O)c1ncn2c1C(=O)N(c1ccc(C(C)C)cc1)[C@@](C)(C(=O)NC1CCCCCC1)C2. The Balaban J connectivity index is 1.75. The molecule has 0 spiro atoms. The molecule has 1 aliphatic carbocycles. The van der Waals surface area contributed by atoms with Crippen molar-refractivity contribution in [3.8, 4) is 0 Å². The predicted molar refractivity (Wildman–Crippen MR) is 129 cm³/mol. The molecular formula is C26H34N4O4. The van der Waals surface area contributed by atoms with Gasteiger partial charge in [0.2, 0.25) is 5.91 Å². The lowest BCUT2D eigenvalue weighted by Gasteiger charge is -2.44. The van der Waals surface area contributed by atoms with E-state index in [1.807, 2.05) is 24.3 Å². The van der Waals surface area contributed by atoms with E-state index in [4.69, 9.17) is 4.74 Å². The van der Waals surface area contributed by atoms with Gasteiger partial charge in [-0.05, 0) is 43.4 Å². The molecule has 2 heterocycles. The Morgan fingerprint density at radius 1 is 1.12 bits per heavy atom. The van der Waals surface area contributed by atoms with Crippen LogP contribution in [-0.2, 0) is 16.1 Å². The summed E-state index contributed by atoms with van der Waals surface area (Å²) in [6.45, 7) is 6.18. The molecule has 2 amide bonds. The summed E-state index contributed by atoms with van der Waals surface area (Å²) in [5, 5.41) is 3.23. The first-order chi connectivity index (χ1) is 16.3. The van der Waals surface area contributed by atoms with Gasteiger partial charge in [-0.15, -0.1) is 0 Å². The third-order valence-electron chi connectivity index (χ3n) is 7.09. The second-order valence-corrected chi connectivity index (χ2v) is 9.88. The number of carbonyl (C=O) groups is 3. The normalized spacial score (nSPS) is 21.2. The van der Waals surface area contributed by atoms with Gasteiger partial charge in [-0.3, -0.25) is 14.5 Å². The standard InChI is InChI=1S/C26H34N4O4/c1-17(2)18-11-13-20(14-12-18)30-23(31)22-21(24(32)34-4)27-16-29(22)15-26(30,3)25(33)28-19-9-7-5-6-8-10-19/h11-14,16-17,19H,5-10,15H2,1-4H3,(H,28,33)/t26-/m1/s1. The van der Waals surface area contributed by atoms with Crippen molar-refractivity contribution in [3.05, 3.63) is 47.5 Å². The van der Waals surface area contributed by atoms with E-state index in [9.17, 15) is 14.4 Å². The van der Waals surface area contributed by atoms with Crippen LogP contribution in [0.5, 0.6) is 0 Å². The van der Waals surface area contributed by atoms with Crippen LogP contribution in [0.4, 0.5) is 5.69 Å². The lowest BCUT2D eigenvalue weighted by atomic mass is 9.92. The fraction of sp³-hybridized carbons (Fsp3) is 0.538. The van der Waals surface area contributed by atoms with Crippen LogP contribution in [0.3, 0.4) is 0 Å². The van der Waals surface area contributed by atoms with Crippen molar-refractivity contribution in [1.29, 1.82) is 0 Å². The van der Waals surface area contributed by atoms with E-state index in [0.717, 1.165) is 31.2 Å². The van der Waals surface area contributed by atoms with Crippen LogP contribution in [0, 0.1) is 0 Å². The number of nitrogens with zero attached hydrogens (tertiary/aromatic N) is 3. The highest BCUT2D eigenvalue weighted by Gasteiger charge is 2.50. The maximum atomic E-state index is 13.9. The number of imidazole rings is 1. The van der Waals surface area contributed by atoms with Gasteiger partial charge in [0.15, 0.2) is 5.69 Å². The van der Waals surface area contributed by atoms with Gasteiger partial charge in [0, 0.05) is 11.7 Å². The molecular weight excluding hydrogens is 432 g/mol. The molecule has 34 heavy (non-hydrogen) atoms. The number of benzene rings is 1. The minimum Gasteiger partial charge on any atom is -0.464 e. The summed E-state index contributed by atoms with van der Waals surface area (Å²) in [6.07, 6.45) is 7.89. The Bertz CT molecular complexity index is 1070. The van der Waals surface area contributed by atoms with Gasteiger partial charge in [-0.2, -0.15) is 0 Å². The number of methoxy groups -OCH3 is 1. The maximum Gasteiger partial charge on any atom is 0.359 e. The zero-order chi connectivity index (χ0) is 24.5. The monoisotopic (exact) mass is 466 g/mol. The Labute approximate surface area is 200 Å². The highest BCUT2D eigenvalue weighted by molar-refractivity contribution is 6.15. The number of fused-ring (bicyclic) bond motifs is 1. The summed E-state index contributed by atoms with van der Waals surface area (Å²) in [5.41, 5.74) is 0.653. The molecule has 1 saturated carbocycles. The van der Waals surface area contributed by atoms with Crippen molar-refractivity contribution in [2.45, 2.75) is 83.3 Å². The highest BCUT2D eigenvalue weighted by atomic mass is 16.5. The van der Waals surface area contributed by atoms with Crippen molar-refractivity contribution < 1.29 is 19.1 Å². The number of amides is 2. The highest BCUT2D eigenvalue weighted by Crippen LogP contribution is 2.35. The summed E-state index contributed by atoms with van der Waals surface area (Å²) in [7, 11) is 1.26. The maximum absolute atomic E-state index is 13.9. The Morgan fingerprint density at radius 3 is 2.35 bits per heavy atom. The number of carbonyl (C=O) groups excluding carboxylic acids is 3. The van der Waals surface area contributed by atoms with Crippen molar-refractivity contribution in [3.63, 3.8) is 0 Å². The van der Waals surface area contributed by atoms with Crippen LogP contribution in [0.2, 0.25) is 0 Å². The molecule has 1 N–H and O–H groups in total. The van der Waals surface area contributed by atoms with Gasteiger partial charge in [-0.1, -0.05) is 51.7 Å². The number of anilines is 1. The van der Waals surface area contributed by atoms with Crippen LogP contribution in [0.25, 0.3) is 0 Å². The summed E-state index contributed by atoms with van der Waals surface area (Å²) >= 11 is 0. The van der Waals surface area contributed by atoms with E-state index in [-0.39, 0.29) is 29.9 Å². The number of ether oxygens (including phenoxy) is 1. The molecule has 4 rings (SSSR count). The van der Waals surface area contributed by atoms with Gasteiger partial charge < -0.3 is 14.6 Å². The molecule has 1 atom stereocenters. The topological polar surface area (TPSA) is 93.5 Å². The minimum atomic E-state index is -1.19. The molecule has 0 radical (unpaired) electrons. The van der Waals surface area contributed by atoms with E-state index in [2.05, 4.69) is 24.1 Å². The second-order valence-electron chi connectivity index (χ2n) is 9.88. The Kier molecular flexibility index (Phi) is 6.77. The molecule has 182 valence electrons. The summed E-state index contributed by atoms with van der Waals surface area (Å²) < 4.78 is 6.44. The Morgan fingerprint density at radius 2 is 1.76 bits per heavy atom. The molecule has 1 fully saturated rings. The molecule has 2 aromatic rings. The first-order valence-electron chi connectivity index (χ1n) is 12.1. The summed E-state index contributed by atoms with van der Waals surface area (Å²) in [4.78, 5) is 45.6. The largest absolute Gasteiger partial charge is 0.464 e. The predicted octanol–water partition coefficient (Wildman–Crippen LogP) is 4.05. The molecule has 0 saturated heterocycles. The van der Waals surface area contributed by atoms with E-state index >= 15 is 0 Å². The van der Waals surface area contributed by atoms with E-state index in [1.54, 1.807) is 11.5 Å². The lowest BCUT2D eigenvalue weighted by Crippen LogP contribution is -2.65. The lowest BCUT2D eigenvalue weighted by molar-refractivity contribution is -0.127. The number of nitrogens with one attached hydrogen (secondary N) is 1. The first kappa shape index (κ1) is 24.0. The average molecular weight is 467 g/mol. The van der Waals surface area contributed by atoms with Crippen LogP contribution in [-0.4, -0.2) is 46.0 Å². The van der Waals surface area contributed by atoms with Gasteiger partial charge in [0.05, 0.1) is 20.0 Å². The number of hydrogen-bond donors (Lipinski definition) is 1. The van der Waals surface area contributed by atoms with Crippen molar-refractivity contribution >= 4 is 23.5 Å². The molecule has 8 heteroatoms. The molecule has 1 aliphatic heterocycles. The number of aromatic nitrogens is 2. The number of rotatable bonds is 5. The second kappa shape index (κ2) is 9.60. The average Bonchev–Trinajstić information content (AvgIpc) is 3.07. The molecule has 8 nitrogen and oxygen atoms in total. The van der Waals surface area contributed by atoms with E-state index in [0.29, 0.717) is 11.6 Å². The zero-order valence-corrected chi connectivity index (χ0v) is 20.5. The van der Waals surface area contributed by atoms with Crippen LogP contribution in [0.1, 0.15) is 91.8 Å². The Hall–Kier alpha value is -3.16. The fourth-order valence-electron chi connectivity index (χ4n) is 5.05. The molecule has 2 aliphatic rings. The zero-order valence-electron chi connectivity index (χ0n) is 20.5. The third-order valence-corrected chi connectivity index (χ3v) is 7.09. The van der Waals surface area contributed by atoms with Crippen LogP contribution < -0.4 is 10.2 Å². The van der Waals surface area contributed by atoms with Crippen molar-refractivity contribution in [2.24, 2.45) is 0 Å². The van der Waals surface area contributed by atoms with E-state index in [1.165, 1.54) is 31.2 Å². The number of esters is 1. The molecule has 1 aromatic carbocycles. The van der Waals surface area contributed by atoms with E-state index < -0.39 is 17.4 Å². The molecule has 0 bridgehead atoms. The van der Waals surface area contributed by atoms with Gasteiger partial charge in [0.25, 0.3) is 5.91 Å². The van der Waals surface area contributed by atoms with Crippen molar-refractivity contribution in [2.75, 3.05) is 12.0 Å². The van der Waals surface area contributed by atoms with Crippen LogP contribution in [0.15, 0.2) is 30.6 Å². The summed E-state index contributed by atoms with van der Waals surface area (Å²) in [6, 6.07) is 7.79. The first-order valence-corrected chi connectivity index (χ1v) is 12.1. The molecule has 1 aromatic heterocycles. The summed E-state index contributed by atoms with van der Waals surface area (Å²) in [5.74, 6) is -0.980. The van der Waals surface area contributed by atoms with Gasteiger partial charge >= 0.3 is 5.97 Å². The minimum absolute atomic E-state index is 0.0393. The van der Waals surface area contributed by atoms with Crippen molar-refractivity contribution in [1.82, 2.24) is 14.9 Å². The third kappa shape index (κ3) is 4.33. The number of hydrogen-bond acceptors (Lipinski definition) is 5. The van der Waals surface area contributed by atoms with Crippen LogP contribution >= 0.6 is 0 Å². The van der Waals surface area contributed by atoms with Gasteiger partial charge in [0.1, 0.15) is 11.2 Å². The smallest absolute Gasteiger partial charge is 0.359 e. The molecule has 0 unspecified atom stereocenters. The fourth-order valence-corrected chi connectivity index (χ4v) is 5.05.